The van der Waals surface area contributed by atoms with E-state index in [1.165, 1.54) is 47.0 Å². The summed E-state index contributed by atoms with van der Waals surface area (Å²) in [6.07, 6.45) is -6.65. The molecule has 2 unspecified atom stereocenters. The number of ether oxygens (including phenoxy) is 1. The number of nitrogens with one attached hydrogen (secondary N) is 2. The van der Waals surface area contributed by atoms with Crippen molar-refractivity contribution >= 4 is 17.6 Å². The molecule has 17 heteroatoms. The zero-order valence-electron chi connectivity index (χ0n) is 24.0. The Balaban J connectivity index is 1.61. The maximum Gasteiger partial charge on any atom is 0.410 e. The van der Waals surface area contributed by atoms with Crippen LogP contribution in [-0.4, -0.2) is 79.5 Å². The van der Waals surface area contributed by atoms with Crippen molar-refractivity contribution in [3.05, 3.63) is 47.7 Å². The summed E-state index contributed by atoms with van der Waals surface area (Å²) in [4.78, 5) is 30.8. The van der Waals surface area contributed by atoms with Gasteiger partial charge in [-0.15, -0.1) is 0 Å². The van der Waals surface area contributed by atoms with Gasteiger partial charge in [-0.25, -0.2) is 14.3 Å². The smallest absolute Gasteiger partial charge is 0.361 e. The number of carbonyl (C=O) groups is 2. The molecule has 1 aliphatic rings. The fourth-order valence-electron chi connectivity index (χ4n) is 4.72. The van der Waals surface area contributed by atoms with E-state index in [1.807, 2.05) is 5.32 Å². The van der Waals surface area contributed by atoms with Crippen molar-refractivity contribution in [1.82, 2.24) is 39.9 Å². The first-order valence-corrected chi connectivity index (χ1v) is 13.3. The lowest BCUT2D eigenvalue weighted by Crippen LogP contribution is -2.41. The molecule has 11 nitrogen and oxygen atoms in total. The number of nitrogens with zero attached hydrogens (tertiary/aromatic N) is 6. The Morgan fingerprint density at radius 3 is 2.47 bits per heavy atom. The van der Waals surface area contributed by atoms with Crippen LogP contribution in [-0.2, 0) is 11.2 Å². The highest BCUT2D eigenvalue weighted by Gasteiger charge is 2.50. The third-order valence-corrected chi connectivity index (χ3v) is 7.29. The Kier molecular flexibility index (Phi) is 8.68. The van der Waals surface area contributed by atoms with E-state index in [1.54, 1.807) is 13.8 Å². The highest BCUT2D eigenvalue weighted by molar-refractivity contribution is 5.92. The van der Waals surface area contributed by atoms with Crippen molar-refractivity contribution < 1.29 is 40.7 Å². The molecule has 0 radical (unpaired) electrons. The number of carbonyl (C=O) groups excluding carboxylic acids is 2. The molecule has 4 rings (SSSR count). The SMILES string of the molecule is COC(Cc1cnn2cc(C(CC(C)(C)C(F)(F)F)NC(=O)c3ccnn3C(C)C)nc2c1)N1C[C@@H](C(F)(F)F)NC1=O. The molecular formula is C26H32F6N8O3. The fourth-order valence-corrected chi connectivity index (χ4v) is 4.72. The van der Waals surface area contributed by atoms with Crippen LogP contribution in [0.25, 0.3) is 5.65 Å². The summed E-state index contributed by atoms with van der Waals surface area (Å²) in [6.45, 7) is 5.02. The Bertz CT molecular complexity index is 1460. The van der Waals surface area contributed by atoms with E-state index in [0.717, 1.165) is 18.7 Å². The molecule has 43 heavy (non-hydrogen) atoms. The molecule has 3 aromatic rings. The summed E-state index contributed by atoms with van der Waals surface area (Å²) in [5.74, 6) is -0.635. The van der Waals surface area contributed by atoms with E-state index in [2.05, 4.69) is 20.5 Å². The summed E-state index contributed by atoms with van der Waals surface area (Å²) < 4.78 is 89.1. The summed E-state index contributed by atoms with van der Waals surface area (Å²) in [5, 5.41) is 12.9. The van der Waals surface area contributed by atoms with Crippen molar-refractivity contribution in [3.63, 3.8) is 0 Å². The minimum atomic E-state index is -4.63. The van der Waals surface area contributed by atoms with Crippen LogP contribution in [0.3, 0.4) is 0 Å². The topological polar surface area (TPSA) is 119 Å². The van der Waals surface area contributed by atoms with Crippen LogP contribution in [0.2, 0.25) is 0 Å². The van der Waals surface area contributed by atoms with Gasteiger partial charge >= 0.3 is 18.4 Å². The molecule has 3 amide bonds. The largest absolute Gasteiger partial charge is 0.410 e. The minimum Gasteiger partial charge on any atom is -0.361 e. The molecule has 2 N–H and O–H groups in total. The average molecular weight is 619 g/mol. The van der Waals surface area contributed by atoms with Gasteiger partial charge in [0.25, 0.3) is 5.91 Å². The first-order chi connectivity index (χ1) is 19.9. The zero-order valence-corrected chi connectivity index (χ0v) is 24.0. The summed E-state index contributed by atoms with van der Waals surface area (Å²) in [6, 6.07) is -1.34. The average Bonchev–Trinajstić information content (AvgIpc) is 3.63. The first kappa shape index (κ1) is 32.0. The van der Waals surface area contributed by atoms with Crippen LogP contribution in [0, 0.1) is 5.41 Å². The van der Waals surface area contributed by atoms with Crippen molar-refractivity contribution in [2.45, 2.75) is 77.2 Å². The van der Waals surface area contributed by atoms with Crippen LogP contribution >= 0.6 is 0 Å². The molecule has 0 bridgehead atoms. The highest BCUT2D eigenvalue weighted by Crippen LogP contribution is 2.43. The maximum absolute atomic E-state index is 13.9. The summed E-state index contributed by atoms with van der Waals surface area (Å²) in [5.41, 5.74) is -1.28. The number of halogens is 6. The second-order valence-electron chi connectivity index (χ2n) is 11.3. The molecule has 1 saturated heterocycles. The summed E-state index contributed by atoms with van der Waals surface area (Å²) >= 11 is 0. The molecule has 3 aromatic heterocycles. The lowest BCUT2D eigenvalue weighted by molar-refractivity contribution is -0.215. The van der Waals surface area contributed by atoms with E-state index in [-0.39, 0.29) is 29.5 Å². The molecule has 1 aliphatic heterocycles. The third-order valence-electron chi connectivity index (χ3n) is 7.29. The molecule has 0 aliphatic carbocycles. The van der Waals surface area contributed by atoms with Crippen molar-refractivity contribution in [1.29, 1.82) is 0 Å². The van der Waals surface area contributed by atoms with Gasteiger partial charge in [0, 0.05) is 25.8 Å². The monoisotopic (exact) mass is 618 g/mol. The number of hydrogen-bond donors (Lipinski definition) is 2. The van der Waals surface area contributed by atoms with Crippen molar-refractivity contribution in [3.8, 4) is 0 Å². The summed E-state index contributed by atoms with van der Waals surface area (Å²) in [7, 11) is 1.25. The number of fused-ring (bicyclic) bond motifs is 1. The number of amides is 3. The van der Waals surface area contributed by atoms with Gasteiger partial charge in [-0.05, 0) is 38.0 Å². The van der Waals surface area contributed by atoms with Gasteiger partial charge < -0.3 is 15.4 Å². The third kappa shape index (κ3) is 6.86. The van der Waals surface area contributed by atoms with Crippen LogP contribution in [0.5, 0.6) is 0 Å². The number of imidazole rings is 1. The molecule has 236 valence electrons. The second kappa shape index (κ2) is 11.7. The number of alkyl halides is 6. The second-order valence-corrected chi connectivity index (χ2v) is 11.3. The predicted molar refractivity (Wildman–Crippen MR) is 140 cm³/mol. The number of hydrogen-bond acceptors (Lipinski definition) is 6. The Labute approximate surface area is 242 Å². The van der Waals surface area contributed by atoms with E-state index in [0.29, 0.717) is 5.56 Å². The number of aromatic nitrogens is 5. The molecule has 3 atom stereocenters. The Hall–Kier alpha value is -3.89. The van der Waals surface area contributed by atoms with Crippen LogP contribution in [0.15, 0.2) is 30.7 Å². The molecule has 4 heterocycles. The van der Waals surface area contributed by atoms with E-state index < -0.39 is 61.0 Å². The van der Waals surface area contributed by atoms with Gasteiger partial charge in [0.2, 0.25) is 0 Å². The van der Waals surface area contributed by atoms with E-state index >= 15 is 0 Å². The molecular weight excluding hydrogens is 586 g/mol. The van der Waals surface area contributed by atoms with Gasteiger partial charge in [-0.1, -0.05) is 13.8 Å². The molecule has 1 fully saturated rings. The van der Waals surface area contributed by atoms with Gasteiger partial charge in [0.15, 0.2) is 5.65 Å². The standard InChI is InChI=1S/C26H32F6N8O3/c1-14(2)40-18(6-7-33-40)22(41)36-16(10-24(3,4)26(30,31)32)17-12-39-20(35-17)8-15(11-34-39)9-21(43-5)38-13-19(25(27,28)29)37-23(38)42/h6-8,11-12,14,16,19,21H,9-10,13H2,1-5H3,(H,36,41)(H,37,42)/t16?,19-,21?/m0/s1. The Morgan fingerprint density at radius 2 is 1.88 bits per heavy atom. The van der Waals surface area contributed by atoms with Crippen LogP contribution in [0.1, 0.15) is 67.9 Å². The van der Waals surface area contributed by atoms with Gasteiger partial charge in [-0.2, -0.15) is 36.5 Å². The normalized spacial score (nSPS) is 17.9. The van der Waals surface area contributed by atoms with Gasteiger partial charge in [0.05, 0.1) is 36.1 Å². The lowest BCUT2D eigenvalue weighted by Gasteiger charge is -2.31. The van der Waals surface area contributed by atoms with Crippen LogP contribution < -0.4 is 10.6 Å². The van der Waals surface area contributed by atoms with E-state index in [9.17, 15) is 35.9 Å². The van der Waals surface area contributed by atoms with Gasteiger partial charge in [0.1, 0.15) is 18.0 Å². The highest BCUT2D eigenvalue weighted by atomic mass is 19.4. The number of methoxy groups -OCH3 is 1. The quantitative estimate of drug-likeness (QED) is 0.325. The zero-order chi connectivity index (χ0) is 31.9. The maximum atomic E-state index is 13.9. The Morgan fingerprint density at radius 1 is 1.19 bits per heavy atom. The van der Waals surface area contributed by atoms with Crippen molar-refractivity contribution in [2.24, 2.45) is 5.41 Å². The molecule has 0 spiro atoms. The predicted octanol–water partition coefficient (Wildman–Crippen LogP) is 4.43. The van der Waals surface area contributed by atoms with Crippen LogP contribution in [0.4, 0.5) is 31.1 Å². The lowest BCUT2D eigenvalue weighted by atomic mass is 9.84. The van der Waals surface area contributed by atoms with Crippen molar-refractivity contribution in [2.75, 3.05) is 13.7 Å². The minimum absolute atomic E-state index is 0.0410. The first-order valence-electron chi connectivity index (χ1n) is 13.3. The fraction of sp³-hybridized carbons (Fsp3) is 0.577. The van der Waals surface area contributed by atoms with Gasteiger partial charge in [-0.3, -0.25) is 14.4 Å². The molecule has 0 saturated carbocycles. The number of rotatable bonds is 10. The van der Waals surface area contributed by atoms with E-state index in [4.69, 9.17) is 4.74 Å². The molecule has 0 aromatic carbocycles. The number of urea groups is 1.